The molecule has 2 aromatic heterocycles. The maximum atomic E-state index is 5.94. The smallest absolute Gasteiger partial charge is 0.136 e. The van der Waals surface area contributed by atoms with Crippen LogP contribution in [-0.4, -0.2) is 9.97 Å². The maximum Gasteiger partial charge on any atom is 0.136 e. The molecule has 0 bridgehead atoms. The lowest BCUT2D eigenvalue weighted by molar-refractivity contribution is 0.483. The van der Waals surface area contributed by atoms with Crippen LogP contribution in [0.25, 0.3) is 10.9 Å². The number of halogens is 1. The second-order valence-corrected chi connectivity index (χ2v) is 4.59. The number of pyridine rings is 2. The molecular weight excluding hydrogens is 260 g/mol. The Morgan fingerprint density at radius 1 is 1.05 bits per heavy atom. The minimum Gasteiger partial charge on any atom is -0.456 e. The molecule has 0 N–H and O–H groups in total. The van der Waals surface area contributed by atoms with Crippen LogP contribution in [0.3, 0.4) is 0 Å². The van der Waals surface area contributed by atoms with Crippen molar-refractivity contribution in [3.05, 3.63) is 59.5 Å². The summed E-state index contributed by atoms with van der Waals surface area (Å²) in [6, 6.07) is 11.4. The highest BCUT2D eigenvalue weighted by Crippen LogP contribution is 2.31. The highest BCUT2D eigenvalue weighted by atomic mass is 35.5. The normalized spacial score (nSPS) is 10.6. The Balaban J connectivity index is 2.08. The van der Waals surface area contributed by atoms with E-state index in [0.717, 1.165) is 22.2 Å². The van der Waals surface area contributed by atoms with Crippen LogP contribution in [0.5, 0.6) is 11.5 Å². The van der Waals surface area contributed by atoms with Gasteiger partial charge in [0.2, 0.25) is 0 Å². The SMILES string of the molecule is Cc1cnc(Cl)cc1Oc1cccc2ncccc12. The summed E-state index contributed by atoms with van der Waals surface area (Å²) >= 11 is 5.90. The molecule has 0 spiro atoms. The maximum absolute atomic E-state index is 5.94. The molecule has 1 aromatic carbocycles. The average Bonchev–Trinajstić information content (AvgIpc) is 2.43. The van der Waals surface area contributed by atoms with Crippen LogP contribution in [0.15, 0.2) is 48.8 Å². The lowest BCUT2D eigenvalue weighted by atomic mass is 10.2. The highest BCUT2D eigenvalue weighted by molar-refractivity contribution is 6.29. The summed E-state index contributed by atoms with van der Waals surface area (Å²) in [4.78, 5) is 8.32. The van der Waals surface area contributed by atoms with Crippen molar-refractivity contribution in [1.29, 1.82) is 0 Å². The largest absolute Gasteiger partial charge is 0.456 e. The topological polar surface area (TPSA) is 35.0 Å². The number of aryl methyl sites for hydroxylation is 1. The molecule has 19 heavy (non-hydrogen) atoms. The Bertz CT molecular complexity index is 738. The first kappa shape index (κ1) is 11.9. The van der Waals surface area contributed by atoms with Gasteiger partial charge < -0.3 is 4.74 Å². The molecule has 0 aliphatic heterocycles. The van der Waals surface area contributed by atoms with Crippen LogP contribution in [0.4, 0.5) is 0 Å². The molecule has 4 heteroatoms. The van der Waals surface area contributed by atoms with Crippen molar-refractivity contribution in [2.75, 3.05) is 0 Å². The summed E-state index contributed by atoms with van der Waals surface area (Å²) in [5, 5.41) is 1.39. The number of hydrogen-bond donors (Lipinski definition) is 0. The van der Waals surface area contributed by atoms with Crippen molar-refractivity contribution in [2.45, 2.75) is 6.92 Å². The first-order valence-electron chi connectivity index (χ1n) is 5.88. The molecule has 0 atom stereocenters. The van der Waals surface area contributed by atoms with Gasteiger partial charge in [0, 0.05) is 29.4 Å². The van der Waals surface area contributed by atoms with Crippen molar-refractivity contribution < 1.29 is 4.74 Å². The van der Waals surface area contributed by atoms with Crippen molar-refractivity contribution in [2.24, 2.45) is 0 Å². The van der Waals surface area contributed by atoms with Gasteiger partial charge in [-0.05, 0) is 31.2 Å². The first-order valence-corrected chi connectivity index (χ1v) is 6.25. The molecule has 2 heterocycles. The molecule has 0 amide bonds. The number of benzene rings is 1. The van der Waals surface area contributed by atoms with E-state index in [9.17, 15) is 0 Å². The minimum atomic E-state index is 0.416. The van der Waals surface area contributed by atoms with Gasteiger partial charge in [0.1, 0.15) is 16.7 Å². The van der Waals surface area contributed by atoms with E-state index < -0.39 is 0 Å². The van der Waals surface area contributed by atoms with Crippen LogP contribution in [0.1, 0.15) is 5.56 Å². The molecular formula is C15H11ClN2O. The van der Waals surface area contributed by atoms with E-state index in [1.807, 2.05) is 37.3 Å². The molecule has 0 radical (unpaired) electrons. The Morgan fingerprint density at radius 2 is 1.95 bits per heavy atom. The summed E-state index contributed by atoms with van der Waals surface area (Å²) in [7, 11) is 0. The second-order valence-electron chi connectivity index (χ2n) is 4.20. The van der Waals surface area contributed by atoms with E-state index in [4.69, 9.17) is 16.3 Å². The number of nitrogens with zero attached hydrogens (tertiary/aromatic N) is 2. The molecule has 0 aliphatic carbocycles. The minimum absolute atomic E-state index is 0.416. The summed E-state index contributed by atoms with van der Waals surface area (Å²) in [5.74, 6) is 1.47. The zero-order valence-electron chi connectivity index (χ0n) is 10.3. The predicted octanol–water partition coefficient (Wildman–Crippen LogP) is 4.38. The highest BCUT2D eigenvalue weighted by Gasteiger charge is 2.07. The summed E-state index contributed by atoms with van der Waals surface area (Å²) in [6.45, 7) is 1.93. The lowest BCUT2D eigenvalue weighted by Gasteiger charge is -2.10. The third kappa shape index (κ3) is 2.37. The van der Waals surface area contributed by atoms with Gasteiger partial charge in [-0.3, -0.25) is 4.98 Å². The van der Waals surface area contributed by atoms with Crippen molar-refractivity contribution in [3.8, 4) is 11.5 Å². The fourth-order valence-corrected chi connectivity index (χ4v) is 2.02. The van der Waals surface area contributed by atoms with Crippen LogP contribution < -0.4 is 4.74 Å². The number of ether oxygens (including phenoxy) is 1. The molecule has 3 nitrogen and oxygen atoms in total. The van der Waals surface area contributed by atoms with Gasteiger partial charge in [-0.15, -0.1) is 0 Å². The van der Waals surface area contributed by atoms with E-state index in [1.165, 1.54) is 0 Å². The third-order valence-electron chi connectivity index (χ3n) is 2.85. The first-order chi connectivity index (χ1) is 9.24. The second kappa shape index (κ2) is 4.86. The molecule has 0 fully saturated rings. The van der Waals surface area contributed by atoms with E-state index in [2.05, 4.69) is 9.97 Å². The molecule has 3 aromatic rings. The standard InChI is InChI=1S/C15H11ClN2O/c1-10-9-18-15(16)8-14(10)19-13-6-2-5-12-11(13)4-3-7-17-12/h2-9H,1H3. The van der Waals surface area contributed by atoms with Crippen molar-refractivity contribution in [3.63, 3.8) is 0 Å². The van der Waals surface area contributed by atoms with E-state index in [-0.39, 0.29) is 0 Å². The van der Waals surface area contributed by atoms with Gasteiger partial charge in [-0.1, -0.05) is 17.7 Å². The van der Waals surface area contributed by atoms with Gasteiger partial charge in [-0.2, -0.15) is 0 Å². The van der Waals surface area contributed by atoms with Crippen LogP contribution in [-0.2, 0) is 0 Å². The van der Waals surface area contributed by atoms with E-state index in [1.54, 1.807) is 18.5 Å². The van der Waals surface area contributed by atoms with Gasteiger partial charge in [0.15, 0.2) is 0 Å². The van der Waals surface area contributed by atoms with Gasteiger partial charge in [0.25, 0.3) is 0 Å². The van der Waals surface area contributed by atoms with Crippen LogP contribution in [0.2, 0.25) is 5.15 Å². The zero-order chi connectivity index (χ0) is 13.2. The van der Waals surface area contributed by atoms with E-state index in [0.29, 0.717) is 10.9 Å². The Kier molecular flexibility index (Phi) is 3.05. The molecule has 3 rings (SSSR count). The van der Waals surface area contributed by atoms with Crippen molar-refractivity contribution >= 4 is 22.5 Å². The molecule has 0 aliphatic rings. The number of hydrogen-bond acceptors (Lipinski definition) is 3. The van der Waals surface area contributed by atoms with Crippen molar-refractivity contribution in [1.82, 2.24) is 9.97 Å². The molecule has 0 unspecified atom stereocenters. The summed E-state index contributed by atoms with van der Waals surface area (Å²) in [5.41, 5.74) is 1.84. The van der Waals surface area contributed by atoms with Crippen LogP contribution in [0, 0.1) is 6.92 Å². The monoisotopic (exact) mass is 270 g/mol. The average molecular weight is 271 g/mol. The molecule has 94 valence electrons. The number of fused-ring (bicyclic) bond motifs is 1. The molecule has 0 saturated carbocycles. The fraction of sp³-hybridized carbons (Fsp3) is 0.0667. The molecule has 0 saturated heterocycles. The Hall–Kier alpha value is -2.13. The van der Waals surface area contributed by atoms with Gasteiger partial charge >= 0.3 is 0 Å². The van der Waals surface area contributed by atoms with Gasteiger partial charge in [-0.25, -0.2) is 4.98 Å². The lowest BCUT2D eigenvalue weighted by Crippen LogP contribution is -1.90. The zero-order valence-corrected chi connectivity index (χ0v) is 11.1. The van der Waals surface area contributed by atoms with E-state index >= 15 is 0 Å². The third-order valence-corrected chi connectivity index (χ3v) is 3.05. The Labute approximate surface area is 115 Å². The number of aromatic nitrogens is 2. The summed E-state index contributed by atoms with van der Waals surface area (Å²) in [6.07, 6.45) is 3.46. The van der Waals surface area contributed by atoms with Gasteiger partial charge in [0.05, 0.1) is 5.52 Å². The fourth-order valence-electron chi connectivity index (χ4n) is 1.87. The quantitative estimate of drug-likeness (QED) is 0.648. The van der Waals surface area contributed by atoms with Crippen LogP contribution >= 0.6 is 11.6 Å². The number of rotatable bonds is 2. The Morgan fingerprint density at radius 3 is 2.84 bits per heavy atom. The summed E-state index contributed by atoms with van der Waals surface area (Å²) < 4.78 is 5.94. The predicted molar refractivity (Wildman–Crippen MR) is 75.8 cm³/mol.